The van der Waals surface area contributed by atoms with Gasteiger partial charge in [0, 0.05) is 32.7 Å². The van der Waals surface area contributed by atoms with Gasteiger partial charge in [-0.3, -0.25) is 9.80 Å². The van der Waals surface area contributed by atoms with Gasteiger partial charge in [0.15, 0.2) is 21.3 Å². The fourth-order valence-corrected chi connectivity index (χ4v) is 5.54. The summed E-state index contributed by atoms with van der Waals surface area (Å²) in [5.74, 6) is 1.57. The van der Waals surface area contributed by atoms with E-state index >= 15 is 0 Å². The Balaban J connectivity index is 1.33. The van der Waals surface area contributed by atoms with E-state index in [9.17, 15) is 13.5 Å². The van der Waals surface area contributed by atoms with Crippen LogP contribution in [0.1, 0.15) is 5.56 Å². The van der Waals surface area contributed by atoms with Gasteiger partial charge in [0.2, 0.25) is 6.79 Å². The van der Waals surface area contributed by atoms with Gasteiger partial charge >= 0.3 is 0 Å². The van der Waals surface area contributed by atoms with Gasteiger partial charge in [-0.1, -0.05) is 6.07 Å². The van der Waals surface area contributed by atoms with E-state index in [1.54, 1.807) is 0 Å². The Labute approximate surface area is 141 Å². The van der Waals surface area contributed by atoms with Gasteiger partial charge in [-0.25, -0.2) is 8.42 Å². The van der Waals surface area contributed by atoms with Crippen LogP contribution in [-0.4, -0.2) is 79.9 Å². The van der Waals surface area contributed by atoms with E-state index in [0.29, 0.717) is 0 Å². The maximum atomic E-state index is 11.7. The average molecular weight is 354 g/mol. The molecule has 0 bridgehead atoms. The first kappa shape index (κ1) is 16.1. The van der Waals surface area contributed by atoms with E-state index < -0.39 is 15.9 Å². The first-order valence-electron chi connectivity index (χ1n) is 8.24. The van der Waals surface area contributed by atoms with Gasteiger partial charge in [-0.2, -0.15) is 0 Å². The van der Waals surface area contributed by atoms with Crippen molar-refractivity contribution in [2.24, 2.45) is 0 Å². The summed E-state index contributed by atoms with van der Waals surface area (Å²) in [6.07, 6.45) is -0.754. The molecule has 2 fully saturated rings. The number of benzene rings is 1. The molecule has 2 saturated heterocycles. The largest absolute Gasteiger partial charge is 0.454 e. The lowest BCUT2D eigenvalue weighted by Crippen LogP contribution is -2.53. The third-order valence-electron chi connectivity index (χ3n) is 5.01. The number of aliphatic hydroxyl groups is 1. The lowest BCUT2D eigenvalue weighted by Gasteiger charge is -2.38. The van der Waals surface area contributed by atoms with Gasteiger partial charge in [-0.05, 0) is 17.7 Å². The third kappa shape index (κ3) is 3.23. The highest BCUT2D eigenvalue weighted by Gasteiger charge is 2.40. The van der Waals surface area contributed by atoms with Crippen LogP contribution < -0.4 is 9.47 Å². The molecule has 2 atom stereocenters. The number of aliphatic hydroxyl groups excluding tert-OH is 1. The molecule has 4 rings (SSSR count). The van der Waals surface area contributed by atoms with Crippen LogP contribution in [0.4, 0.5) is 0 Å². The summed E-state index contributed by atoms with van der Waals surface area (Å²) in [6, 6.07) is 5.76. The maximum Gasteiger partial charge on any atom is 0.231 e. The molecule has 3 heterocycles. The van der Waals surface area contributed by atoms with Crippen LogP contribution in [0.5, 0.6) is 11.5 Å². The number of nitrogens with zero attached hydrogens (tertiary/aromatic N) is 2. The van der Waals surface area contributed by atoms with Crippen molar-refractivity contribution >= 4 is 9.84 Å². The van der Waals surface area contributed by atoms with Crippen molar-refractivity contribution in [3.63, 3.8) is 0 Å². The van der Waals surface area contributed by atoms with Crippen LogP contribution in [0.15, 0.2) is 18.2 Å². The molecule has 0 aromatic heterocycles. The Morgan fingerprint density at radius 1 is 1.08 bits per heavy atom. The fraction of sp³-hybridized carbons (Fsp3) is 0.625. The number of rotatable bonds is 3. The molecule has 0 unspecified atom stereocenters. The molecule has 24 heavy (non-hydrogen) atoms. The minimum Gasteiger partial charge on any atom is -0.454 e. The van der Waals surface area contributed by atoms with Crippen LogP contribution in [0.3, 0.4) is 0 Å². The zero-order valence-corrected chi connectivity index (χ0v) is 14.2. The van der Waals surface area contributed by atoms with Crippen molar-refractivity contribution in [2.45, 2.75) is 18.7 Å². The predicted molar refractivity (Wildman–Crippen MR) is 87.9 cm³/mol. The van der Waals surface area contributed by atoms with E-state index in [4.69, 9.17) is 9.47 Å². The second-order valence-electron chi connectivity index (χ2n) is 6.71. The number of sulfone groups is 1. The summed E-state index contributed by atoms with van der Waals surface area (Å²) >= 11 is 0. The summed E-state index contributed by atoms with van der Waals surface area (Å²) in [7, 11) is -3.09. The number of ether oxygens (including phenoxy) is 2. The standard InChI is InChI=1S/C16H22N2O5S/c19-14-10-24(20,21)9-13(14)18-5-3-17(4-6-18)8-12-1-2-15-16(7-12)23-11-22-15/h1-2,7,13-14,19H,3-6,8-11H2/t13-,14+/m1/s1. The van der Waals surface area contributed by atoms with Gasteiger partial charge < -0.3 is 14.6 Å². The summed E-state index contributed by atoms with van der Waals surface area (Å²) in [5.41, 5.74) is 1.18. The van der Waals surface area contributed by atoms with Crippen LogP contribution in [0, 0.1) is 0 Å². The van der Waals surface area contributed by atoms with E-state index in [0.717, 1.165) is 44.2 Å². The SMILES string of the molecule is O=S1(=O)C[C@@H](N2CCN(Cc3ccc4c(c3)OCO4)CC2)[C@@H](O)C1. The zero-order valence-electron chi connectivity index (χ0n) is 13.4. The Morgan fingerprint density at radius 2 is 1.83 bits per heavy atom. The van der Waals surface area contributed by atoms with Crippen molar-refractivity contribution in [1.29, 1.82) is 0 Å². The molecule has 0 radical (unpaired) electrons. The Bertz CT molecular complexity index is 715. The molecule has 1 N–H and O–H groups in total. The number of piperazine rings is 1. The average Bonchev–Trinajstić information content (AvgIpc) is 3.11. The second kappa shape index (κ2) is 6.18. The predicted octanol–water partition coefficient (Wildman–Crippen LogP) is -0.309. The lowest BCUT2D eigenvalue weighted by atomic mass is 10.1. The van der Waals surface area contributed by atoms with E-state index in [1.165, 1.54) is 5.56 Å². The summed E-state index contributed by atoms with van der Waals surface area (Å²) in [4.78, 5) is 4.45. The van der Waals surface area contributed by atoms with Gasteiger partial charge in [0.05, 0.1) is 23.7 Å². The Kier molecular flexibility index (Phi) is 4.16. The second-order valence-corrected chi connectivity index (χ2v) is 8.87. The number of fused-ring (bicyclic) bond motifs is 1. The van der Waals surface area contributed by atoms with Crippen molar-refractivity contribution in [3.8, 4) is 11.5 Å². The molecule has 0 saturated carbocycles. The third-order valence-corrected chi connectivity index (χ3v) is 6.71. The molecule has 7 nitrogen and oxygen atoms in total. The van der Waals surface area contributed by atoms with Crippen molar-refractivity contribution < 1.29 is 23.0 Å². The molecule has 1 aromatic carbocycles. The van der Waals surface area contributed by atoms with Crippen molar-refractivity contribution in [2.75, 3.05) is 44.5 Å². The molecular formula is C16H22N2O5S. The van der Waals surface area contributed by atoms with E-state index in [1.807, 2.05) is 18.2 Å². The summed E-state index contributed by atoms with van der Waals surface area (Å²) < 4.78 is 34.1. The topological polar surface area (TPSA) is 79.3 Å². The maximum absolute atomic E-state index is 11.7. The van der Waals surface area contributed by atoms with Crippen molar-refractivity contribution in [3.05, 3.63) is 23.8 Å². The van der Waals surface area contributed by atoms with Gasteiger partial charge in [-0.15, -0.1) is 0 Å². The van der Waals surface area contributed by atoms with Crippen LogP contribution >= 0.6 is 0 Å². The van der Waals surface area contributed by atoms with E-state index in [2.05, 4.69) is 9.80 Å². The minimum atomic E-state index is -3.09. The van der Waals surface area contributed by atoms with Crippen LogP contribution in [0.2, 0.25) is 0 Å². The molecule has 132 valence electrons. The van der Waals surface area contributed by atoms with Crippen LogP contribution in [-0.2, 0) is 16.4 Å². The Hall–Kier alpha value is -1.35. The first-order valence-corrected chi connectivity index (χ1v) is 10.1. The van der Waals surface area contributed by atoms with Gasteiger partial charge in [0.1, 0.15) is 0 Å². The zero-order chi connectivity index (χ0) is 16.7. The molecule has 0 amide bonds. The summed E-state index contributed by atoms with van der Waals surface area (Å²) in [5, 5.41) is 10.0. The number of hydrogen-bond donors (Lipinski definition) is 1. The van der Waals surface area contributed by atoms with E-state index in [-0.39, 0.29) is 24.3 Å². The highest BCUT2D eigenvalue weighted by Crippen LogP contribution is 2.33. The molecule has 3 aliphatic heterocycles. The highest BCUT2D eigenvalue weighted by atomic mass is 32.2. The highest BCUT2D eigenvalue weighted by molar-refractivity contribution is 7.91. The molecule has 1 aromatic rings. The van der Waals surface area contributed by atoms with Gasteiger partial charge in [0.25, 0.3) is 0 Å². The minimum absolute atomic E-state index is 0.0797. The molecule has 3 aliphatic rings. The quantitative estimate of drug-likeness (QED) is 0.798. The van der Waals surface area contributed by atoms with Crippen LogP contribution in [0.25, 0.3) is 0 Å². The monoisotopic (exact) mass is 354 g/mol. The normalized spacial score (nSPS) is 29.9. The Morgan fingerprint density at radius 3 is 2.54 bits per heavy atom. The molecule has 0 aliphatic carbocycles. The number of hydrogen-bond acceptors (Lipinski definition) is 7. The van der Waals surface area contributed by atoms with Crippen molar-refractivity contribution in [1.82, 2.24) is 9.80 Å². The first-order chi connectivity index (χ1) is 11.5. The smallest absolute Gasteiger partial charge is 0.231 e. The molecular weight excluding hydrogens is 332 g/mol. The molecule has 0 spiro atoms. The lowest BCUT2D eigenvalue weighted by molar-refractivity contribution is 0.0424. The molecule has 8 heteroatoms. The summed E-state index contributed by atoms with van der Waals surface area (Å²) in [6.45, 7) is 4.39. The fourth-order valence-electron chi connectivity index (χ4n) is 3.71.